The van der Waals surface area contributed by atoms with Crippen LogP contribution in [0, 0.1) is 0 Å². The molecule has 0 aliphatic heterocycles. The van der Waals surface area contributed by atoms with E-state index in [2.05, 4.69) is 36.2 Å². The standard InChI is InChI=1S/C17H15BrF3N5O2/c1-16(2,3)28-15(27)26-8-23-13-10(18)6-9(7-11(13)26)24-14-22-5-4-12(25-14)17(19,20)21/h4-8H,1-3H3,(H,22,24,25). The van der Waals surface area contributed by atoms with Gasteiger partial charge in [-0.15, -0.1) is 0 Å². The molecule has 0 saturated carbocycles. The molecule has 2 heterocycles. The Balaban J connectivity index is 1.97. The maximum Gasteiger partial charge on any atom is 0.433 e. The second-order valence-electron chi connectivity index (χ2n) is 6.81. The van der Waals surface area contributed by atoms with Crippen molar-refractivity contribution in [3.8, 4) is 0 Å². The van der Waals surface area contributed by atoms with E-state index in [0.717, 1.165) is 12.3 Å². The van der Waals surface area contributed by atoms with Gasteiger partial charge in [-0.1, -0.05) is 0 Å². The average Bonchev–Trinajstić information content (AvgIpc) is 2.97. The number of carbonyl (C=O) groups excluding carboxylic acids is 1. The molecule has 0 aliphatic rings. The number of benzene rings is 1. The van der Waals surface area contributed by atoms with Crippen molar-refractivity contribution in [2.45, 2.75) is 32.5 Å². The van der Waals surface area contributed by atoms with Gasteiger partial charge < -0.3 is 10.1 Å². The third-order valence-corrected chi connectivity index (χ3v) is 4.00. The summed E-state index contributed by atoms with van der Waals surface area (Å²) in [6, 6.07) is 3.92. The molecule has 0 aliphatic carbocycles. The molecule has 0 spiro atoms. The summed E-state index contributed by atoms with van der Waals surface area (Å²) in [6.07, 6.45) is -2.89. The van der Waals surface area contributed by atoms with Gasteiger partial charge in [-0.3, -0.25) is 0 Å². The molecule has 0 radical (unpaired) electrons. The summed E-state index contributed by atoms with van der Waals surface area (Å²) in [5, 5.41) is 2.71. The minimum absolute atomic E-state index is 0.232. The molecule has 28 heavy (non-hydrogen) atoms. The molecule has 0 unspecified atom stereocenters. The van der Waals surface area contributed by atoms with Crippen molar-refractivity contribution in [3.63, 3.8) is 0 Å². The Morgan fingerprint density at radius 2 is 1.93 bits per heavy atom. The van der Waals surface area contributed by atoms with Crippen molar-refractivity contribution in [2.75, 3.05) is 5.32 Å². The fourth-order valence-electron chi connectivity index (χ4n) is 2.31. The van der Waals surface area contributed by atoms with Crippen LogP contribution in [0.1, 0.15) is 26.5 Å². The summed E-state index contributed by atoms with van der Waals surface area (Å²) in [6.45, 7) is 5.20. The number of hydrogen-bond acceptors (Lipinski definition) is 6. The fraction of sp³-hybridized carbons (Fsp3) is 0.294. The van der Waals surface area contributed by atoms with E-state index >= 15 is 0 Å². The number of halogens is 4. The Kier molecular flexibility index (Phi) is 5.04. The Bertz CT molecular complexity index is 1040. The van der Waals surface area contributed by atoms with Crippen molar-refractivity contribution in [1.29, 1.82) is 0 Å². The number of nitrogens with zero attached hydrogens (tertiary/aromatic N) is 4. The van der Waals surface area contributed by atoms with Gasteiger partial charge >= 0.3 is 12.3 Å². The molecular formula is C17H15BrF3N5O2. The molecule has 3 rings (SSSR count). The normalized spacial score (nSPS) is 12.2. The highest BCUT2D eigenvalue weighted by Gasteiger charge is 2.32. The molecule has 148 valence electrons. The van der Waals surface area contributed by atoms with Crippen LogP contribution in [0.25, 0.3) is 11.0 Å². The maximum absolute atomic E-state index is 12.8. The van der Waals surface area contributed by atoms with Gasteiger partial charge in [0.2, 0.25) is 5.95 Å². The van der Waals surface area contributed by atoms with Crippen LogP contribution >= 0.6 is 15.9 Å². The van der Waals surface area contributed by atoms with Gasteiger partial charge in [-0.25, -0.2) is 24.3 Å². The van der Waals surface area contributed by atoms with Gasteiger partial charge in [0.15, 0.2) is 0 Å². The SMILES string of the molecule is CC(C)(C)OC(=O)n1cnc2c(Br)cc(Nc3nccc(C(F)(F)F)n3)cc21. The van der Waals surface area contributed by atoms with E-state index in [9.17, 15) is 18.0 Å². The maximum atomic E-state index is 12.8. The fourth-order valence-corrected chi connectivity index (χ4v) is 2.86. The molecule has 11 heteroatoms. The van der Waals surface area contributed by atoms with Crippen molar-refractivity contribution in [2.24, 2.45) is 0 Å². The number of rotatable bonds is 2. The van der Waals surface area contributed by atoms with Gasteiger partial charge in [0, 0.05) is 16.4 Å². The van der Waals surface area contributed by atoms with E-state index in [4.69, 9.17) is 4.74 Å². The topological polar surface area (TPSA) is 81.9 Å². The Labute approximate surface area is 166 Å². The molecule has 3 aromatic rings. The second kappa shape index (κ2) is 7.04. The first kappa shape index (κ1) is 20.1. The summed E-state index contributed by atoms with van der Waals surface area (Å²) in [4.78, 5) is 23.8. The van der Waals surface area contributed by atoms with Gasteiger partial charge in [-0.05, 0) is 54.9 Å². The first-order chi connectivity index (χ1) is 12.9. The number of fused-ring (bicyclic) bond motifs is 1. The molecule has 0 saturated heterocycles. The monoisotopic (exact) mass is 457 g/mol. The number of aromatic nitrogens is 4. The summed E-state index contributed by atoms with van der Waals surface area (Å²) in [5.41, 5.74) is -0.514. The molecule has 1 N–H and O–H groups in total. The van der Waals surface area contributed by atoms with Crippen LogP contribution < -0.4 is 5.32 Å². The highest BCUT2D eigenvalue weighted by atomic mass is 79.9. The zero-order valence-electron chi connectivity index (χ0n) is 15.0. The number of nitrogens with one attached hydrogen (secondary N) is 1. The van der Waals surface area contributed by atoms with Gasteiger partial charge in [-0.2, -0.15) is 13.2 Å². The summed E-state index contributed by atoms with van der Waals surface area (Å²) < 4.78 is 45.6. The van der Waals surface area contributed by atoms with Gasteiger partial charge in [0.05, 0.1) is 5.52 Å². The molecule has 0 fully saturated rings. The van der Waals surface area contributed by atoms with Crippen LogP contribution in [0.2, 0.25) is 0 Å². The van der Waals surface area contributed by atoms with Gasteiger partial charge in [0.25, 0.3) is 0 Å². The van der Waals surface area contributed by atoms with Gasteiger partial charge in [0.1, 0.15) is 23.1 Å². The lowest BCUT2D eigenvalue weighted by Crippen LogP contribution is -2.26. The summed E-state index contributed by atoms with van der Waals surface area (Å²) in [5.74, 6) is -0.232. The van der Waals surface area contributed by atoms with Crippen LogP contribution in [-0.4, -0.2) is 31.2 Å². The zero-order chi connectivity index (χ0) is 20.7. The van der Waals surface area contributed by atoms with E-state index in [1.807, 2.05) is 0 Å². The predicted molar refractivity (Wildman–Crippen MR) is 99.4 cm³/mol. The van der Waals surface area contributed by atoms with Crippen LogP contribution in [-0.2, 0) is 10.9 Å². The van der Waals surface area contributed by atoms with E-state index in [-0.39, 0.29) is 5.95 Å². The van der Waals surface area contributed by atoms with E-state index in [1.165, 1.54) is 10.9 Å². The number of imidazole rings is 1. The molecule has 2 aromatic heterocycles. The number of carbonyl (C=O) groups is 1. The van der Waals surface area contributed by atoms with Crippen molar-refractivity contribution in [1.82, 2.24) is 19.5 Å². The number of alkyl halides is 3. The quantitative estimate of drug-likeness (QED) is 0.573. The van der Waals surface area contributed by atoms with Crippen LogP contribution in [0.4, 0.5) is 29.6 Å². The lowest BCUT2D eigenvalue weighted by atomic mass is 10.2. The van der Waals surface area contributed by atoms with Crippen molar-refractivity contribution in [3.05, 3.63) is 40.9 Å². The Hall–Kier alpha value is -2.69. The molecule has 0 amide bonds. The first-order valence-corrected chi connectivity index (χ1v) is 8.80. The van der Waals surface area contributed by atoms with Crippen LogP contribution in [0.15, 0.2) is 35.2 Å². The summed E-state index contributed by atoms with van der Waals surface area (Å²) >= 11 is 3.34. The first-order valence-electron chi connectivity index (χ1n) is 8.01. The molecular weight excluding hydrogens is 443 g/mol. The highest BCUT2D eigenvalue weighted by molar-refractivity contribution is 9.10. The van der Waals surface area contributed by atoms with Crippen LogP contribution in [0.3, 0.4) is 0 Å². The number of ether oxygens (including phenoxy) is 1. The molecule has 0 bridgehead atoms. The highest BCUT2D eigenvalue weighted by Crippen LogP contribution is 2.31. The van der Waals surface area contributed by atoms with Crippen LogP contribution in [0.5, 0.6) is 0 Å². The zero-order valence-corrected chi connectivity index (χ0v) is 16.6. The van der Waals surface area contributed by atoms with Crippen molar-refractivity contribution < 1.29 is 22.7 Å². The molecule has 0 atom stereocenters. The Morgan fingerprint density at radius 3 is 2.57 bits per heavy atom. The minimum Gasteiger partial charge on any atom is -0.443 e. The molecule has 7 nitrogen and oxygen atoms in total. The average molecular weight is 458 g/mol. The Morgan fingerprint density at radius 1 is 1.21 bits per heavy atom. The van der Waals surface area contributed by atoms with E-state index in [0.29, 0.717) is 21.2 Å². The number of hydrogen-bond donors (Lipinski definition) is 1. The third-order valence-electron chi connectivity index (χ3n) is 3.40. The minimum atomic E-state index is -4.58. The van der Waals surface area contributed by atoms with E-state index < -0.39 is 23.6 Å². The predicted octanol–water partition coefficient (Wildman–Crippen LogP) is 5.13. The number of anilines is 2. The summed E-state index contributed by atoms with van der Waals surface area (Å²) in [7, 11) is 0. The van der Waals surface area contributed by atoms with E-state index in [1.54, 1.807) is 32.9 Å². The lowest BCUT2D eigenvalue weighted by molar-refractivity contribution is -0.141. The third kappa shape index (κ3) is 4.41. The molecule has 1 aromatic carbocycles. The second-order valence-corrected chi connectivity index (χ2v) is 7.66. The van der Waals surface area contributed by atoms with Crippen molar-refractivity contribution >= 4 is 44.7 Å². The smallest absolute Gasteiger partial charge is 0.433 e. The largest absolute Gasteiger partial charge is 0.443 e. The lowest BCUT2D eigenvalue weighted by Gasteiger charge is -2.19.